The van der Waals surface area contributed by atoms with Crippen LogP contribution in [-0.2, 0) is 0 Å². The summed E-state index contributed by atoms with van der Waals surface area (Å²) in [6.45, 7) is 2.00. The van der Waals surface area contributed by atoms with E-state index in [2.05, 4.69) is 15.9 Å². The van der Waals surface area contributed by atoms with Crippen LogP contribution in [0, 0.1) is 6.92 Å². The first-order valence-corrected chi connectivity index (χ1v) is 6.95. The predicted octanol–water partition coefficient (Wildman–Crippen LogP) is 4.03. The summed E-state index contributed by atoms with van der Waals surface area (Å²) < 4.78 is 11.4. The fraction of sp³-hybridized carbons (Fsp3) is 0.188. The number of ketones is 1. The number of rotatable bonds is 5. The molecule has 0 saturated carbocycles. The lowest BCUT2D eigenvalue weighted by molar-refractivity contribution is 0.0921. The van der Waals surface area contributed by atoms with Gasteiger partial charge in [-0.15, -0.1) is 0 Å². The molecule has 3 nitrogen and oxygen atoms in total. The number of carbonyl (C=O) groups is 1. The highest BCUT2D eigenvalue weighted by Crippen LogP contribution is 2.25. The number of benzene rings is 2. The van der Waals surface area contributed by atoms with Crippen molar-refractivity contribution in [3.8, 4) is 11.5 Å². The minimum atomic E-state index is -0.0742. The standard InChI is InChI=1S/C16H15BrO3/c1-11-4-3-5-13(8-11)20-10-15(18)12-6-7-16(19-2)14(17)9-12/h3-9H,10H2,1-2H3. The van der Waals surface area contributed by atoms with Gasteiger partial charge in [0.1, 0.15) is 11.5 Å². The van der Waals surface area contributed by atoms with Crippen molar-refractivity contribution in [1.82, 2.24) is 0 Å². The molecule has 0 saturated heterocycles. The van der Waals surface area contributed by atoms with Crippen molar-refractivity contribution in [2.45, 2.75) is 6.92 Å². The summed E-state index contributed by atoms with van der Waals surface area (Å²) in [4.78, 5) is 12.1. The Morgan fingerprint density at radius 3 is 2.65 bits per heavy atom. The fourth-order valence-corrected chi connectivity index (χ4v) is 2.32. The van der Waals surface area contributed by atoms with Crippen LogP contribution in [0.3, 0.4) is 0 Å². The van der Waals surface area contributed by atoms with Gasteiger partial charge in [-0.2, -0.15) is 0 Å². The van der Waals surface area contributed by atoms with Gasteiger partial charge in [-0.1, -0.05) is 12.1 Å². The van der Waals surface area contributed by atoms with Crippen LogP contribution in [0.5, 0.6) is 11.5 Å². The van der Waals surface area contributed by atoms with Crippen molar-refractivity contribution in [3.05, 3.63) is 58.1 Å². The van der Waals surface area contributed by atoms with Crippen molar-refractivity contribution >= 4 is 21.7 Å². The predicted molar refractivity (Wildman–Crippen MR) is 81.7 cm³/mol. The second kappa shape index (κ2) is 6.57. The van der Waals surface area contributed by atoms with Gasteiger partial charge < -0.3 is 9.47 Å². The third-order valence-corrected chi connectivity index (χ3v) is 3.45. The van der Waals surface area contributed by atoms with Crippen molar-refractivity contribution in [3.63, 3.8) is 0 Å². The second-order valence-corrected chi connectivity index (χ2v) is 5.23. The Morgan fingerprint density at radius 2 is 2.00 bits per heavy atom. The highest BCUT2D eigenvalue weighted by atomic mass is 79.9. The molecule has 4 heteroatoms. The molecule has 0 atom stereocenters. The molecule has 0 radical (unpaired) electrons. The Morgan fingerprint density at radius 1 is 1.20 bits per heavy atom. The van der Waals surface area contributed by atoms with E-state index in [-0.39, 0.29) is 12.4 Å². The average Bonchev–Trinajstić information content (AvgIpc) is 2.44. The third-order valence-electron chi connectivity index (χ3n) is 2.83. The van der Waals surface area contributed by atoms with Gasteiger partial charge in [-0.25, -0.2) is 0 Å². The van der Waals surface area contributed by atoms with Gasteiger partial charge in [0.15, 0.2) is 12.4 Å². The fourth-order valence-electron chi connectivity index (χ4n) is 1.78. The molecule has 0 aliphatic rings. The minimum absolute atomic E-state index is 0.0161. The van der Waals surface area contributed by atoms with Gasteiger partial charge in [-0.05, 0) is 58.7 Å². The van der Waals surface area contributed by atoms with Crippen molar-refractivity contribution in [1.29, 1.82) is 0 Å². The molecule has 2 aromatic carbocycles. The number of hydrogen-bond donors (Lipinski definition) is 0. The Bertz CT molecular complexity index is 623. The number of halogens is 1. The molecular formula is C16H15BrO3. The summed E-state index contributed by atoms with van der Waals surface area (Å²) in [6.07, 6.45) is 0. The number of hydrogen-bond acceptors (Lipinski definition) is 3. The monoisotopic (exact) mass is 334 g/mol. The highest BCUT2D eigenvalue weighted by molar-refractivity contribution is 9.10. The zero-order valence-corrected chi connectivity index (χ0v) is 12.9. The molecule has 0 aliphatic heterocycles. The van der Waals surface area contributed by atoms with Crippen LogP contribution >= 0.6 is 15.9 Å². The molecule has 0 aromatic heterocycles. The molecule has 0 N–H and O–H groups in total. The van der Waals surface area contributed by atoms with Gasteiger partial charge >= 0.3 is 0 Å². The molecule has 20 heavy (non-hydrogen) atoms. The van der Waals surface area contributed by atoms with Crippen LogP contribution in [0.4, 0.5) is 0 Å². The molecule has 0 amide bonds. The molecule has 0 aliphatic carbocycles. The smallest absolute Gasteiger partial charge is 0.200 e. The molecule has 2 rings (SSSR count). The van der Waals surface area contributed by atoms with E-state index >= 15 is 0 Å². The number of carbonyl (C=O) groups excluding carboxylic acids is 1. The first kappa shape index (κ1) is 14.6. The van der Waals surface area contributed by atoms with Crippen LogP contribution in [0.1, 0.15) is 15.9 Å². The Balaban J connectivity index is 2.03. The summed E-state index contributed by atoms with van der Waals surface area (Å²) in [5.41, 5.74) is 1.69. The largest absolute Gasteiger partial charge is 0.496 e. The van der Waals surface area contributed by atoms with Crippen molar-refractivity contribution in [2.24, 2.45) is 0 Å². The molecule has 2 aromatic rings. The topological polar surface area (TPSA) is 35.5 Å². The van der Waals surface area contributed by atoms with Crippen LogP contribution in [0.2, 0.25) is 0 Å². The number of Topliss-reactive ketones (excluding diaryl/α,β-unsaturated/α-hetero) is 1. The van der Waals surface area contributed by atoms with E-state index in [0.29, 0.717) is 17.1 Å². The van der Waals surface area contributed by atoms with E-state index in [9.17, 15) is 4.79 Å². The van der Waals surface area contributed by atoms with E-state index in [0.717, 1.165) is 10.0 Å². The number of ether oxygens (including phenoxy) is 2. The van der Waals surface area contributed by atoms with Crippen LogP contribution < -0.4 is 9.47 Å². The second-order valence-electron chi connectivity index (χ2n) is 4.38. The maximum absolute atomic E-state index is 12.1. The lowest BCUT2D eigenvalue weighted by Crippen LogP contribution is -2.11. The summed E-state index contributed by atoms with van der Waals surface area (Å²) in [6, 6.07) is 12.8. The Hall–Kier alpha value is -1.81. The van der Waals surface area contributed by atoms with E-state index in [1.165, 1.54) is 0 Å². The number of methoxy groups -OCH3 is 1. The maximum atomic E-state index is 12.1. The molecule has 0 bridgehead atoms. The van der Waals surface area contributed by atoms with Crippen LogP contribution in [0.25, 0.3) is 0 Å². The van der Waals surface area contributed by atoms with E-state index in [1.54, 1.807) is 25.3 Å². The molecule has 0 unspecified atom stereocenters. The van der Waals surface area contributed by atoms with E-state index in [1.807, 2.05) is 31.2 Å². The van der Waals surface area contributed by atoms with E-state index < -0.39 is 0 Å². The first-order chi connectivity index (χ1) is 9.60. The minimum Gasteiger partial charge on any atom is -0.496 e. The lowest BCUT2D eigenvalue weighted by atomic mass is 10.1. The lowest BCUT2D eigenvalue weighted by Gasteiger charge is -2.08. The van der Waals surface area contributed by atoms with Gasteiger partial charge in [0.2, 0.25) is 0 Å². The highest BCUT2D eigenvalue weighted by Gasteiger charge is 2.10. The van der Waals surface area contributed by atoms with Crippen LogP contribution in [-0.4, -0.2) is 19.5 Å². The summed E-state index contributed by atoms with van der Waals surface area (Å²) >= 11 is 3.36. The average molecular weight is 335 g/mol. The number of aryl methyl sites for hydroxylation is 1. The molecule has 104 valence electrons. The van der Waals surface area contributed by atoms with Gasteiger partial charge in [0.25, 0.3) is 0 Å². The van der Waals surface area contributed by atoms with Gasteiger partial charge in [-0.3, -0.25) is 4.79 Å². The van der Waals surface area contributed by atoms with Crippen molar-refractivity contribution < 1.29 is 14.3 Å². The van der Waals surface area contributed by atoms with Crippen molar-refractivity contribution in [2.75, 3.05) is 13.7 Å². The first-order valence-electron chi connectivity index (χ1n) is 6.16. The maximum Gasteiger partial charge on any atom is 0.200 e. The zero-order chi connectivity index (χ0) is 14.5. The van der Waals surface area contributed by atoms with E-state index in [4.69, 9.17) is 9.47 Å². The zero-order valence-electron chi connectivity index (χ0n) is 11.4. The van der Waals surface area contributed by atoms with Gasteiger partial charge in [0.05, 0.1) is 11.6 Å². The Labute approximate surface area is 126 Å². The SMILES string of the molecule is COc1ccc(C(=O)COc2cccc(C)c2)cc1Br. The molecular weight excluding hydrogens is 320 g/mol. The third kappa shape index (κ3) is 3.61. The quantitative estimate of drug-likeness (QED) is 0.774. The van der Waals surface area contributed by atoms with Gasteiger partial charge in [0, 0.05) is 5.56 Å². The summed E-state index contributed by atoms with van der Waals surface area (Å²) in [7, 11) is 1.59. The molecule has 0 fully saturated rings. The Kier molecular flexibility index (Phi) is 4.79. The summed E-state index contributed by atoms with van der Waals surface area (Å²) in [5.74, 6) is 1.32. The molecule has 0 spiro atoms. The summed E-state index contributed by atoms with van der Waals surface area (Å²) in [5, 5.41) is 0. The normalized spacial score (nSPS) is 10.2. The van der Waals surface area contributed by atoms with Crippen LogP contribution in [0.15, 0.2) is 46.9 Å². The molecule has 0 heterocycles.